The summed E-state index contributed by atoms with van der Waals surface area (Å²) in [7, 11) is 3.71. The van der Waals surface area contributed by atoms with E-state index in [4.69, 9.17) is 23.2 Å². The van der Waals surface area contributed by atoms with Crippen LogP contribution in [0.2, 0.25) is 10.0 Å². The number of para-hydroxylation sites is 2. The van der Waals surface area contributed by atoms with Gasteiger partial charge < -0.3 is 4.90 Å². The highest BCUT2D eigenvalue weighted by Crippen LogP contribution is 2.26. The van der Waals surface area contributed by atoms with Crippen LogP contribution in [0.15, 0.2) is 55.0 Å². The van der Waals surface area contributed by atoms with Crippen LogP contribution in [0, 0.1) is 0 Å². The molecule has 0 atom stereocenters. The number of imidazole rings is 1. The molecule has 0 unspecified atom stereocenters. The first kappa shape index (κ1) is 16.6. The summed E-state index contributed by atoms with van der Waals surface area (Å²) in [5.74, 6) is -0.200. The van der Waals surface area contributed by atoms with Crippen molar-refractivity contribution in [3.63, 3.8) is 0 Å². The molecule has 3 aromatic rings. The molecule has 4 nitrogen and oxygen atoms in total. The van der Waals surface area contributed by atoms with Gasteiger partial charge in [0, 0.05) is 30.9 Å². The molecule has 0 saturated carbocycles. The van der Waals surface area contributed by atoms with Gasteiger partial charge in [0.05, 0.1) is 16.1 Å². The largest absolute Gasteiger partial charge is 0.382 e. The Labute approximate surface area is 149 Å². The van der Waals surface area contributed by atoms with Crippen LogP contribution in [-0.4, -0.2) is 34.3 Å². The fourth-order valence-corrected chi connectivity index (χ4v) is 2.93. The maximum Gasteiger partial charge on any atom is 0.212 e. The number of carbonyl (C=O) groups excluding carboxylic acids is 1. The third-order valence-electron chi connectivity index (χ3n) is 3.50. The van der Waals surface area contributed by atoms with E-state index < -0.39 is 0 Å². The van der Waals surface area contributed by atoms with E-state index >= 15 is 0 Å². The molecule has 0 spiro atoms. The molecule has 0 bridgehead atoms. The lowest BCUT2D eigenvalue weighted by Crippen LogP contribution is -2.14. The third-order valence-corrected chi connectivity index (χ3v) is 4.05. The molecule has 0 aliphatic heterocycles. The van der Waals surface area contributed by atoms with Crippen LogP contribution in [0.5, 0.6) is 0 Å². The summed E-state index contributed by atoms with van der Waals surface area (Å²) in [6.07, 6.45) is 3.39. The first-order valence-electron chi connectivity index (χ1n) is 7.28. The number of halogens is 2. The second kappa shape index (κ2) is 6.67. The molecule has 3 rings (SSSR count). The summed E-state index contributed by atoms with van der Waals surface area (Å²) in [5, 5.41) is 0.810. The van der Waals surface area contributed by atoms with Gasteiger partial charge in [0.25, 0.3) is 0 Å². The molecule has 6 heteroatoms. The number of nitrogens with zero attached hydrogens (tertiary/aromatic N) is 3. The Morgan fingerprint density at radius 3 is 2.62 bits per heavy atom. The van der Waals surface area contributed by atoms with Gasteiger partial charge in [-0.3, -0.25) is 9.36 Å². The van der Waals surface area contributed by atoms with Crippen molar-refractivity contribution in [3.8, 4) is 0 Å². The molecule has 24 heavy (non-hydrogen) atoms. The van der Waals surface area contributed by atoms with Crippen LogP contribution in [-0.2, 0) is 0 Å². The van der Waals surface area contributed by atoms with Crippen LogP contribution >= 0.6 is 23.2 Å². The zero-order valence-corrected chi connectivity index (χ0v) is 14.7. The van der Waals surface area contributed by atoms with Gasteiger partial charge in [-0.1, -0.05) is 35.3 Å². The Morgan fingerprint density at radius 2 is 1.92 bits per heavy atom. The SMILES string of the molecule is CN(C)C=C(C(=O)c1ccc(Cl)cc1Cl)n1cnc2ccccc21. The number of benzene rings is 2. The van der Waals surface area contributed by atoms with Crippen molar-refractivity contribution in [2.45, 2.75) is 0 Å². The topological polar surface area (TPSA) is 38.1 Å². The van der Waals surface area contributed by atoms with Gasteiger partial charge in [0.15, 0.2) is 0 Å². The number of ketones is 1. The van der Waals surface area contributed by atoms with Gasteiger partial charge in [-0.2, -0.15) is 0 Å². The van der Waals surface area contributed by atoms with E-state index in [1.807, 2.05) is 43.3 Å². The highest BCUT2D eigenvalue weighted by Gasteiger charge is 2.19. The maximum atomic E-state index is 13.1. The molecule has 2 aromatic carbocycles. The molecular weight excluding hydrogens is 345 g/mol. The molecule has 0 aliphatic rings. The van der Waals surface area contributed by atoms with Gasteiger partial charge in [-0.25, -0.2) is 4.98 Å². The van der Waals surface area contributed by atoms with E-state index in [-0.39, 0.29) is 5.78 Å². The van der Waals surface area contributed by atoms with E-state index in [0.717, 1.165) is 11.0 Å². The average Bonchev–Trinajstić information content (AvgIpc) is 2.96. The molecule has 0 N–H and O–H groups in total. The van der Waals surface area contributed by atoms with Gasteiger partial charge >= 0.3 is 0 Å². The minimum absolute atomic E-state index is 0.200. The predicted molar refractivity (Wildman–Crippen MR) is 98.5 cm³/mol. The Hall–Kier alpha value is -2.30. The summed E-state index contributed by atoms with van der Waals surface area (Å²) in [5.41, 5.74) is 2.52. The smallest absolute Gasteiger partial charge is 0.212 e. The fraction of sp³-hybridized carbons (Fsp3) is 0.111. The zero-order valence-electron chi connectivity index (χ0n) is 13.2. The third kappa shape index (κ3) is 3.16. The number of carbonyl (C=O) groups is 1. The summed E-state index contributed by atoms with van der Waals surface area (Å²) < 4.78 is 1.77. The van der Waals surface area contributed by atoms with E-state index in [1.165, 1.54) is 0 Å². The second-order valence-corrected chi connectivity index (χ2v) is 6.38. The van der Waals surface area contributed by atoms with Gasteiger partial charge in [0.1, 0.15) is 12.0 Å². The van der Waals surface area contributed by atoms with E-state index in [9.17, 15) is 4.79 Å². The number of hydrogen-bond acceptors (Lipinski definition) is 3. The molecule has 0 saturated heterocycles. The van der Waals surface area contributed by atoms with Crippen molar-refractivity contribution < 1.29 is 4.79 Å². The van der Waals surface area contributed by atoms with E-state index in [1.54, 1.807) is 35.3 Å². The highest BCUT2D eigenvalue weighted by atomic mass is 35.5. The zero-order chi connectivity index (χ0) is 17.3. The fourth-order valence-electron chi connectivity index (χ4n) is 2.44. The van der Waals surface area contributed by atoms with Crippen LogP contribution in [0.3, 0.4) is 0 Å². The monoisotopic (exact) mass is 359 g/mol. The predicted octanol–water partition coefficient (Wildman–Crippen LogP) is 4.59. The first-order valence-corrected chi connectivity index (χ1v) is 8.03. The van der Waals surface area contributed by atoms with Crippen molar-refractivity contribution in [2.75, 3.05) is 14.1 Å². The number of allylic oxidation sites excluding steroid dienone is 1. The first-order chi connectivity index (χ1) is 11.5. The second-order valence-electron chi connectivity index (χ2n) is 5.53. The number of hydrogen-bond donors (Lipinski definition) is 0. The number of aromatic nitrogens is 2. The summed E-state index contributed by atoms with van der Waals surface area (Å²) >= 11 is 12.1. The van der Waals surface area contributed by atoms with Gasteiger partial charge in [-0.05, 0) is 30.3 Å². The number of Topliss-reactive ketones (excluding diaryl/α,β-unsaturated/α-hetero) is 1. The Bertz CT molecular complexity index is 944. The van der Waals surface area contributed by atoms with Gasteiger partial charge in [0.2, 0.25) is 5.78 Å². The lowest BCUT2D eigenvalue weighted by atomic mass is 10.1. The molecule has 0 aliphatic carbocycles. The molecule has 0 amide bonds. The molecule has 0 fully saturated rings. The van der Waals surface area contributed by atoms with E-state index in [2.05, 4.69) is 4.98 Å². The average molecular weight is 360 g/mol. The number of rotatable bonds is 4. The molecular formula is C18H15Cl2N3O. The van der Waals surface area contributed by atoms with Crippen LogP contribution in [0.4, 0.5) is 0 Å². The van der Waals surface area contributed by atoms with Crippen LogP contribution < -0.4 is 0 Å². The van der Waals surface area contributed by atoms with Crippen LogP contribution in [0.1, 0.15) is 10.4 Å². The van der Waals surface area contributed by atoms with Crippen molar-refractivity contribution in [3.05, 3.63) is 70.6 Å². The van der Waals surface area contributed by atoms with Crippen molar-refractivity contribution in [1.29, 1.82) is 0 Å². The van der Waals surface area contributed by atoms with Crippen molar-refractivity contribution >= 4 is 45.7 Å². The molecule has 1 aromatic heterocycles. The molecule has 1 heterocycles. The van der Waals surface area contributed by atoms with E-state index in [0.29, 0.717) is 21.3 Å². The van der Waals surface area contributed by atoms with Crippen LogP contribution in [0.25, 0.3) is 16.7 Å². The number of fused-ring (bicyclic) bond motifs is 1. The van der Waals surface area contributed by atoms with Crippen molar-refractivity contribution in [2.24, 2.45) is 0 Å². The normalized spacial score (nSPS) is 11.8. The minimum atomic E-state index is -0.200. The summed E-state index contributed by atoms with van der Waals surface area (Å²) in [4.78, 5) is 19.3. The highest BCUT2D eigenvalue weighted by molar-refractivity contribution is 6.39. The molecule has 122 valence electrons. The lowest BCUT2D eigenvalue weighted by molar-refractivity contribution is 0.105. The molecule has 0 radical (unpaired) electrons. The Balaban J connectivity index is 2.16. The van der Waals surface area contributed by atoms with Crippen molar-refractivity contribution in [1.82, 2.24) is 14.5 Å². The quantitative estimate of drug-likeness (QED) is 0.505. The van der Waals surface area contributed by atoms with Gasteiger partial charge in [-0.15, -0.1) is 0 Å². The minimum Gasteiger partial charge on any atom is -0.382 e. The lowest BCUT2D eigenvalue weighted by Gasteiger charge is -2.14. The Kier molecular flexibility index (Phi) is 4.60. The summed E-state index contributed by atoms with van der Waals surface area (Å²) in [6.45, 7) is 0. The standard InChI is InChI=1S/C18H15Cl2N3O/c1-22(2)10-17(18(24)13-8-7-12(19)9-14(13)20)23-11-21-15-5-3-4-6-16(15)23/h3-11H,1-2H3. The maximum absolute atomic E-state index is 13.1. The summed E-state index contributed by atoms with van der Waals surface area (Å²) in [6, 6.07) is 12.5. The Morgan fingerprint density at radius 1 is 1.17 bits per heavy atom.